The average molecular weight is 211 g/mol. The Balaban J connectivity index is 2.78. The number of alkyl halides is 1. The minimum atomic E-state index is 0.220. The minimum Gasteiger partial charge on any atom is -0.122 e. The van der Waals surface area contributed by atoms with Crippen molar-refractivity contribution in [3.8, 4) is 0 Å². The molecule has 0 nitrogen and oxygen atoms in total. The van der Waals surface area contributed by atoms with Crippen LogP contribution in [0.15, 0.2) is 24.3 Å². The Morgan fingerprint density at radius 1 is 1.00 bits per heavy atom. The molecular formula is C13H19Cl. The van der Waals surface area contributed by atoms with Gasteiger partial charge < -0.3 is 0 Å². The fourth-order valence-electron chi connectivity index (χ4n) is 1.63. The zero-order chi connectivity index (χ0) is 10.7. The van der Waals surface area contributed by atoms with Crippen molar-refractivity contribution < 1.29 is 0 Å². The maximum Gasteiger partial charge on any atom is 0.0424 e. The van der Waals surface area contributed by atoms with Crippen molar-refractivity contribution in [1.82, 2.24) is 0 Å². The quantitative estimate of drug-likeness (QED) is 0.651. The summed E-state index contributed by atoms with van der Waals surface area (Å²) in [5.41, 5.74) is 2.64. The molecule has 0 aliphatic rings. The van der Waals surface area contributed by atoms with E-state index in [0.717, 1.165) is 0 Å². The first-order chi connectivity index (χ1) is 6.52. The third-order valence-corrected chi connectivity index (χ3v) is 3.60. The van der Waals surface area contributed by atoms with Crippen molar-refractivity contribution >= 4 is 11.6 Å². The van der Waals surface area contributed by atoms with E-state index < -0.39 is 0 Å². The molecule has 1 aromatic rings. The van der Waals surface area contributed by atoms with Crippen molar-refractivity contribution in [2.45, 2.75) is 39.0 Å². The van der Waals surface area contributed by atoms with E-state index in [1.54, 1.807) is 0 Å². The van der Waals surface area contributed by atoms with Gasteiger partial charge in [0.1, 0.15) is 0 Å². The summed E-state index contributed by atoms with van der Waals surface area (Å²) in [6, 6.07) is 8.65. The van der Waals surface area contributed by atoms with E-state index in [9.17, 15) is 0 Å². The van der Waals surface area contributed by atoms with Crippen LogP contribution in [0.2, 0.25) is 0 Å². The molecular weight excluding hydrogens is 192 g/mol. The molecule has 0 aliphatic heterocycles. The third kappa shape index (κ3) is 2.75. The molecule has 0 amide bonds. The van der Waals surface area contributed by atoms with Gasteiger partial charge in [-0.25, -0.2) is 0 Å². The lowest BCUT2D eigenvalue weighted by Crippen LogP contribution is -2.16. The van der Waals surface area contributed by atoms with E-state index in [4.69, 9.17) is 11.6 Å². The van der Waals surface area contributed by atoms with E-state index in [1.165, 1.54) is 11.1 Å². The van der Waals surface area contributed by atoms with Crippen LogP contribution in [0.1, 0.15) is 37.8 Å². The van der Waals surface area contributed by atoms with Crippen molar-refractivity contribution in [2.24, 2.45) is 5.92 Å². The second-order valence-electron chi connectivity index (χ2n) is 4.39. The van der Waals surface area contributed by atoms with Gasteiger partial charge in [0.2, 0.25) is 0 Å². The Labute approximate surface area is 92.3 Å². The zero-order valence-electron chi connectivity index (χ0n) is 9.42. The van der Waals surface area contributed by atoms with Gasteiger partial charge in [0.25, 0.3) is 0 Å². The smallest absolute Gasteiger partial charge is 0.0424 e. The monoisotopic (exact) mass is 210 g/mol. The van der Waals surface area contributed by atoms with Gasteiger partial charge in [0.15, 0.2) is 0 Å². The standard InChI is InChI=1S/C13H19Cl/c1-9(2)13(14)11(4)12-7-5-10(3)6-8-12/h5-9,11,13H,1-4H3. The van der Waals surface area contributed by atoms with Crippen molar-refractivity contribution in [1.29, 1.82) is 0 Å². The lowest BCUT2D eigenvalue weighted by atomic mass is 9.91. The zero-order valence-corrected chi connectivity index (χ0v) is 10.2. The van der Waals surface area contributed by atoms with Gasteiger partial charge >= 0.3 is 0 Å². The van der Waals surface area contributed by atoms with Crippen LogP contribution >= 0.6 is 11.6 Å². The molecule has 0 aromatic heterocycles. The molecule has 0 fully saturated rings. The number of rotatable bonds is 3. The summed E-state index contributed by atoms with van der Waals surface area (Å²) < 4.78 is 0. The second-order valence-corrected chi connectivity index (χ2v) is 4.89. The summed E-state index contributed by atoms with van der Waals surface area (Å²) in [4.78, 5) is 0. The summed E-state index contributed by atoms with van der Waals surface area (Å²) in [7, 11) is 0. The first-order valence-corrected chi connectivity index (χ1v) is 5.66. The highest BCUT2D eigenvalue weighted by atomic mass is 35.5. The molecule has 1 heteroatoms. The molecule has 1 rings (SSSR count). The highest BCUT2D eigenvalue weighted by molar-refractivity contribution is 6.21. The average Bonchev–Trinajstić information content (AvgIpc) is 2.16. The van der Waals surface area contributed by atoms with Gasteiger partial charge in [0.05, 0.1) is 0 Å². The van der Waals surface area contributed by atoms with Gasteiger partial charge in [-0.1, -0.05) is 50.6 Å². The number of hydrogen-bond donors (Lipinski definition) is 0. The Morgan fingerprint density at radius 2 is 1.50 bits per heavy atom. The Hall–Kier alpha value is -0.490. The van der Waals surface area contributed by atoms with E-state index in [-0.39, 0.29) is 5.38 Å². The largest absolute Gasteiger partial charge is 0.122 e. The normalized spacial score (nSPS) is 15.6. The number of benzene rings is 1. The summed E-state index contributed by atoms with van der Waals surface area (Å²) in [6.07, 6.45) is 0. The van der Waals surface area contributed by atoms with Gasteiger partial charge in [-0.15, -0.1) is 11.6 Å². The molecule has 0 heterocycles. The fraction of sp³-hybridized carbons (Fsp3) is 0.538. The molecule has 0 spiro atoms. The predicted molar refractivity (Wildman–Crippen MR) is 64.1 cm³/mol. The van der Waals surface area contributed by atoms with Crippen LogP contribution in [0.25, 0.3) is 0 Å². The van der Waals surface area contributed by atoms with Gasteiger partial charge in [-0.05, 0) is 24.3 Å². The molecule has 2 atom stereocenters. The lowest BCUT2D eigenvalue weighted by Gasteiger charge is -2.21. The van der Waals surface area contributed by atoms with E-state index in [2.05, 4.69) is 52.0 Å². The van der Waals surface area contributed by atoms with Crippen LogP contribution in [-0.2, 0) is 0 Å². The fourth-order valence-corrected chi connectivity index (χ4v) is 1.78. The molecule has 0 radical (unpaired) electrons. The van der Waals surface area contributed by atoms with E-state index >= 15 is 0 Å². The molecule has 0 saturated heterocycles. The van der Waals surface area contributed by atoms with Gasteiger partial charge in [-0.2, -0.15) is 0 Å². The van der Waals surface area contributed by atoms with Crippen LogP contribution in [0.5, 0.6) is 0 Å². The molecule has 0 N–H and O–H groups in total. The van der Waals surface area contributed by atoms with Crippen LogP contribution in [-0.4, -0.2) is 5.38 Å². The maximum atomic E-state index is 6.34. The van der Waals surface area contributed by atoms with E-state index in [0.29, 0.717) is 11.8 Å². The predicted octanol–water partition coefficient (Wildman–Crippen LogP) is 4.36. The third-order valence-electron chi connectivity index (χ3n) is 2.72. The number of halogens is 1. The highest BCUT2D eigenvalue weighted by Gasteiger charge is 2.19. The van der Waals surface area contributed by atoms with Crippen LogP contribution in [0, 0.1) is 12.8 Å². The highest BCUT2D eigenvalue weighted by Crippen LogP contribution is 2.28. The molecule has 14 heavy (non-hydrogen) atoms. The SMILES string of the molecule is Cc1ccc(C(C)C(Cl)C(C)C)cc1. The first-order valence-electron chi connectivity index (χ1n) is 5.23. The van der Waals surface area contributed by atoms with Crippen molar-refractivity contribution in [3.05, 3.63) is 35.4 Å². The molecule has 2 unspecified atom stereocenters. The topological polar surface area (TPSA) is 0 Å². The molecule has 0 bridgehead atoms. The summed E-state index contributed by atoms with van der Waals surface area (Å²) in [5, 5.41) is 0.220. The van der Waals surface area contributed by atoms with E-state index in [1.807, 2.05) is 0 Å². The van der Waals surface area contributed by atoms with Gasteiger partial charge in [-0.3, -0.25) is 0 Å². The molecule has 78 valence electrons. The number of hydrogen-bond acceptors (Lipinski definition) is 0. The summed E-state index contributed by atoms with van der Waals surface area (Å²) in [5.74, 6) is 0.949. The maximum absolute atomic E-state index is 6.34. The van der Waals surface area contributed by atoms with Crippen LogP contribution in [0.3, 0.4) is 0 Å². The van der Waals surface area contributed by atoms with Crippen molar-refractivity contribution in [2.75, 3.05) is 0 Å². The lowest BCUT2D eigenvalue weighted by molar-refractivity contribution is 0.533. The van der Waals surface area contributed by atoms with Crippen LogP contribution in [0.4, 0.5) is 0 Å². The first kappa shape index (κ1) is 11.6. The number of aryl methyl sites for hydroxylation is 1. The Kier molecular flexibility index (Phi) is 4.00. The Bertz CT molecular complexity index is 274. The van der Waals surface area contributed by atoms with Gasteiger partial charge in [0, 0.05) is 5.38 Å². The summed E-state index contributed by atoms with van der Waals surface area (Å²) in [6.45, 7) is 8.64. The molecule has 1 aromatic carbocycles. The second kappa shape index (κ2) is 4.84. The Morgan fingerprint density at radius 3 is 1.93 bits per heavy atom. The summed E-state index contributed by atoms with van der Waals surface area (Å²) >= 11 is 6.34. The molecule has 0 aliphatic carbocycles. The van der Waals surface area contributed by atoms with Crippen molar-refractivity contribution in [3.63, 3.8) is 0 Å². The van der Waals surface area contributed by atoms with Crippen LogP contribution < -0.4 is 0 Å². The molecule has 0 saturated carbocycles. The minimum absolute atomic E-state index is 0.220.